The molecule has 212 valence electrons. The van der Waals surface area contributed by atoms with Gasteiger partial charge in [0, 0.05) is 32.9 Å². The average Bonchev–Trinajstić information content (AvgIpc) is 3.24. The van der Waals surface area contributed by atoms with Gasteiger partial charge in [-0.25, -0.2) is 8.42 Å². The molecule has 1 aliphatic heterocycles. The van der Waals surface area contributed by atoms with E-state index in [1.54, 1.807) is 37.5 Å². The van der Waals surface area contributed by atoms with Crippen LogP contribution in [0.2, 0.25) is 0 Å². The van der Waals surface area contributed by atoms with Crippen molar-refractivity contribution in [2.24, 2.45) is 0 Å². The normalized spacial score (nSPS) is 16.6. The van der Waals surface area contributed by atoms with Crippen LogP contribution in [0.15, 0.2) is 66.7 Å². The van der Waals surface area contributed by atoms with Crippen LogP contribution in [0.4, 0.5) is 0 Å². The molecular formula is C30H40N2O6S. The van der Waals surface area contributed by atoms with Gasteiger partial charge in [0.05, 0.1) is 24.5 Å². The highest BCUT2D eigenvalue weighted by Gasteiger charge is 2.28. The number of carbonyl (C=O) groups is 2. The van der Waals surface area contributed by atoms with Gasteiger partial charge in [-0.1, -0.05) is 79.6 Å². The molecule has 1 fully saturated rings. The second-order valence-electron chi connectivity index (χ2n) is 10.0. The topological polar surface area (TPSA) is 113 Å². The number of rotatable bonds is 16. The van der Waals surface area contributed by atoms with Crippen LogP contribution < -0.4 is 4.72 Å². The Morgan fingerprint density at radius 2 is 1.79 bits per heavy atom. The van der Waals surface area contributed by atoms with Gasteiger partial charge in [-0.3, -0.25) is 14.3 Å². The summed E-state index contributed by atoms with van der Waals surface area (Å²) in [4.78, 5) is 26.4. The van der Waals surface area contributed by atoms with Gasteiger partial charge in [-0.05, 0) is 36.0 Å². The average molecular weight is 557 g/mol. The lowest BCUT2D eigenvalue weighted by molar-refractivity contribution is -0.128. The first-order valence-electron chi connectivity index (χ1n) is 13.6. The summed E-state index contributed by atoms with van der Waals surface area (Å²) in [6.07, 6.45) is 7.97. The summed E-state index contributed by atoms with van der Waals surface area (Å²) in [5.41, 5.74) is 2.72. The lowest BCUT2D eigenvalue weighted by atomic mass is 10.0. The molecule has 0 spiro atoms. The zero-order valence-corrected chi connectivity index (χ0v) is 23.4. The molecule has 2 aromatic carbocycles. The van der Waals surface area contributed by atoms with Crippen LogP contribution in [-0.4, -0.2) is 56.0 Å². The number of nitrogens with zero attached hydrogens (tertiary/aromatic N) is 1. The van der Waals surface area contributed by atoms with Gasteiger partial charge in [0.15, 0.2) is 0 Å². The number of amides is 2. The van der Waals surface area contributed by atoms with Crippen LogP contribution in [0.1, 0.15) is 61.6 Å². The molecule has 2 aromatic rings. The fraction of sp³-hybridized carbons (Fsp3) is 0.467. The number of unbranched alkanes of at least 4 members (excludes halogenated alkanes) is 3. The van der Waals surface area contributed by atoms with Crippen molar-refractivity contribution in [2.75, 3.05) is 13.7 Å². The first-order chi connectivity index (χ1) is 18.8. The summed E-state index contributed by atoms with van der Waals surface area (Å²) in [6, 6.07) is 16.7. The minimum Gasteiger partial charge on any atom is -0.389 e. The molecule has 9 heteroatoms. The Bertz CT molecular complexity index is 1200. The van der Waals surface area contributed by atoms with Gasteiger partial charge in [0.1, 0.15) is 0 Å². The van der Waals surface area contributed by atoms with E-state index in [0.29, 0.717) is 38.0 Å². The number of methoxy groups -OCH3 is 1. The van der Waals surface area contributed by atoms with Crippen LogP contribution in [0.25, 0.3) is 0 Å². The highest BCUT2D eigenvalue weighted by molar-refractivity contribution is 7.89. The molecule has 0 unspecified atom stereocenters. The summed E-state index contributed by atoms with van der Waals surface area (Å²) < 4.78 is 31.7. The molecule has 8 nitrogen and oxygen atoms in total. The number of likely N-dealkylation sites (tertiary alicyclic amines) is 1. The largest absolute Gasteiger partial charge is 0.389 e. The SMILES string of the molecule is COCc1cccc(C[C@H](O)C=C[C@H]2CCC(=O)N2CCCCCCC(=O)NS(=O)(=O)Cc2ccccc2)c1. The molecule has 1 heterocycles. The highest BCUT2D eigenvalue weighted by atomic mass is 32.2. The minimum atomic E-state index is -3.71. The minimum absolute atomic E-state index is 0.0208. The van der Waals surface area contributed by atoms with E-state index in [2.05, 4.69) is 4.72 Å². The van der Waals surface area contributed by atoms with E-state index in [1.807, 2.05) is 41.3 Å². The fourth-order valence-electron chi connectivity index (χ4n) is 4.80. The van der Waals surface area contributed by atoms with E-state index in [-0.39, 0.29) is 24.1 Å². The standard InChI is InChI=1S/C30H40N2O6S/c1-38-22-26-13-9-12-25(20-26)21-28(33)17-15-27-16-18-30(35)32(27)19-8-3-2-7-14-29(34)31-39(36,37)23-24-10-5-4-6-11-24/h4-6,9-13,15,17,20,27-28,33H,2-3,7-8,14,16,18-19,21-23H2,1H3,(H,31,34)/t27-,28+/m0/s1. The summed E-state index contributed by atoms with van der Waals surface area (Å²) in [7, 11) is -2.06. The predicted octanol–water partition coefficient (Wildman–Crippen LogP) is 3.88. The Labute approximate surface area is 232 Å². The van der Waals surface area contributed by atoms with E-state index in [1.165, 1.54) is 0 Å². The van der Waals surface area contributed by atoms with Crippen molar-refractivity contribution in [1.82, 2.24) is 9.62 Å². The summed E-state index contributed by atoms with van der Waals surface area (Å²) in [5, 5.41) is 10.5. The number of sulfonamides is 1. The first-order valence-corrected chi connectivity index (χ1v) is 15.2. The van der Waals surface area contributed by atoms with Gasteiger partial charge in [0.25, 0.3) is 0 Å². The second kappa shape index (κ2) is 15.5. The molecule has 0 radical (unpaired) electrons. The Kier molecular flexibility index (Phi) is 12.2. The van der Waals surface area contributed by atoms with Crippen LogP contribution >= 0.6 is 0 Å². The van der Waals surface area contributed by atoms with Crippen molar-refractivity contribution < 1.29 is 27.9 Å². The van der Waals surface area contributed by atoms with E-state index in [0.717, 1.165) is 36.8 Å². The third kappa shape index (κ3) is 10.9. The third-order valence-corrected chi connectivity index (χ3v) is 7.95. The first kappa shape index (κ1) is 30.5. The van der Waals surface area contributed by atoms with E-state index in [9.17, 15) is 23.1 Å². The van der Waals surface area contributed by atoms with Gasteiger partial charge in [0.2, 0.25) is 21.8 Å². The maximum atomic E-state index is 12.4. The molecule has 39 heavy (non-hydrogen) atoms. The number of hydrogen-bond donors (Lipinski definition) is 2. The number of aliphatic hydroxyl groups is 1. The van der Waals surface area contributed by atoms with Crippen molar-refractivity contribution in [1.29, 1.82) is 0 Å². The summed E-state index contributed by atoms with van der Waals surface area (Å²) in [5.74, 6) is -0.596. The maximum absolute atomic E-state index is 12.4. The summed E-state index contributed by atoms with van der Waals surface area (Å²) >= 11 is 0. The molecule has 2 N–H and O–H groups in total. The smallest absolute Gasteiger partial charge is 0.239 e. The van der Waals surface area contributed by atoms with Crippen molar-refractivity contribution in [3.63, 3.8) is 0 Å². The third-order valence-electron chi connectivity index (χ3n) is 6.70. The van der Waals surface area contributed by atoms with Gasteiger partial charge >= 0.3 is 0 Å². The predicted molar refractivity (Wildman–Crippen MR) is 151 cm³/mol. The highest BCUT2D eigenvalue weighted by Crippen LogP contribution is 2.21. The lowest BCUT2D eigenvalue weighted by Crippen LogP contribution is -2.33. The molecule has 3 rings (SSSR count). The quantitative estimate of drug-likeness (QED) is 0.240. The number of benzene rings is 2. The zero-order valence-electron chi connectivity index (χ0n) is 22.6. The van der Waals surface area contributed by atoms with Crippen molar-refractivity contribution in [2.45, 2.75) is 75.9 Å². The van der Waals surface area contributed by atoms with E-state index >= 15 is 0 Å². The Morgan fingerprint density at radius 3 is 2.56 bits per heavy atom. The monoisotopic (exact) mass is 556 g/mol. The zero-order chi connectivity index (χ0) is 28.1. The molecule has 0 aliphatic carbocycles. The molecule has 1 aliphatic rings. The Balaban J connectivity index is 1.34. The molecule has 2 amide bonds. The maximum Gasteiger partial charge on any atom is 0.239 e. The number of carbonyl (C=O) groups excluding carboxylic acids is 2. The van der Waals surface area contributed by atoms with Crippen LogP contribution in [0.3, 0.4) is 0 Å². The molecule has 2 atom stereocenters. The van der Waals surface area contributed by atoms with Crippen molar-refractivity contribution in [3.05, 3.63) is 83.4 Å². The van der Waals surface area contributed by atoms with Gasteiger partial charge < -0.3 is 14.7 Å². The number of hydrogen-bond acceptors (Lipinski definition) is 6. The van der Waals surface area contributed by atoms with Gasteiger partial charge in [-0.15, -0.1) is 0 Å². The molecule has 0 aromatic heterocycles. The summed E-state index contributed by atoms with van der Waals surface area (Å²) in [6.45, 7) is 1.16. The van der Waals surface area contributed by atoms with Crippen LogP contribution in [0, 0.1) is 0 Å². The lowest BCUT2D eigenvalue weighted by Gasteiger charge is -2.22. The van der Waals surface area contributed by atoms with Crippen LogP contribution in [-0.2, 0) is 43.1 Å². The molecular weight excluding hydrogens is 516 g/mol. The van der Waals surface area contributed by atoms with Crippen molar-refractivity contribution in [3.8, 4) is 0 Å². The van der Waals surface area contributed by atoms with E-state index < -0.39 is 22.0 Å². The Morgan fingerprint density at radius 1 is 1.08 bits per heavy atom. The van der Waals surface area contributed by atoms with Crippen LogP contribution in [0.5, 0.6) is 0 Å². The molecule has 1 saturated heterocycles. The molecule has 0 saturated carbocycles. The number of nitrogens with one attached hydrogen (secondary N) is 1. The second-order valence-corrected chi connectivity index (χ2v) is 11.8. The number of ether oxygens (including phenoxy) is 1. The number of aliphatic hydroxyl groups excluding tert-OH is 1. The molecule has 0 bridgehead atoms. The van der Waals surface area contributed by atoms with Crippen molar-refractivity contribution >= 4 is 21.8 Å². The fourth-order valence-corrected chi connectivity index (χ4v) is 5.95. The Hall–Kier alpha value is -3.01. The van der Waals surface area contributed by atoms with Gasteiger partial charge in [-0.2, -0.15) is 0 Å². The van der Waals surface area contributed by atoms with E-state index in [4.69, 9.17) is 4.74 Å².